The number of aromatic amines is 1. The molecule has 0 saturated heterocycles. The molecule has 0 bridgehead atoms. The van der Waals surface area contributed by atoms with Crippen LogP contribution in [-0.2, 0) is 10.2 Å². The number of hydrogen-bond donors (Lipinski definition) is 1. The van der Waals surface area contributed by atoms with Crippen molar-refractivity contribution in [2.45, 2.75) is 32.6 Å². The smallest absolute Gasteiger partial charge is 0.130 e. The number of H-pyrrole nitrogens is 1. The van der Waals surface area contributed by atoms with E-state index in [1.165, 1.54) is 10.9 Å². The summed E-state index contributed by atoms with van der Waals surface area (Å²) in [5.74, 6) is 0.222. The van der Waals surface area contributed by atoms with E-state index in [2.05, 4.69) is 40.8 Å². The molecule has 0 radical (unpaired) electrons. The molecule has 2 nitrogen and oxygen atoms in total. The lowest BCUT2D eigenvalue weighted by molar-refractivity contribution is -0.118. The summed E-state index contributed by atoms with van der Waals surface area (Å²) in [6.07, 6.45) is 2.58. The first-order valence-corrected chi connectivity index (χ1v) is 6.46. The van der Waals surface area contributed by atoms with Crippen molar-refractivity contribution in [1.82, 2.24) is 4.98 Å². The van der Waals surface area contributed by atoms with E-state index in [-0.39, 0.29) is 11.2 Å². The predicted molar refractivity (Wildman–Crippen MR) is 74.3 cm³/mol. The maximum Gasteiger partial charge on any atom is 0.130 e. The summed E-state index contributed by atoms with van der Waals surface area (Å²) in [4.78, 5) is 14.6. The second-order valence-corrected chi connectivity index (χ2v) is 6.07. The molecular formula is C14H16BrNO. The SMILES string of the molecule is CC(=O)CC(C)(C)c1c[nH]c2ccc(Br)cc12. The number of carbonyl (C=O) groups excluding carboxylic acids is 1. The highest BCUT2D eigenvalue weighted by atomic mass is 79.9. The Balaban J connectivity index is 2.55. The fourth-order valence-electron chi connectivity index (χ4n) is 2.37. The summed E-state index contributed by atoms with van der Waals surface area (Å²) in [6.45, 7) is 5.86. The van der Waals surface area contributed by atoms with E-state index in [4.69, 9.17) is 0 Å². The highest BCUT2D eigenvalue weighted by molar-refractivity contribution is 9.10. The average Bonchev–Trinajstić information content (AvgIpc) is 2.58. The number of nitrogens with one attached hydrogen (secondary N) is 1. The summed E-state index contributed by atoms with van der Waals surface area (Å²) in [5, 5.41) is 1.19. The summed E-state index contributed by atoms with van der Waals surface area (Å²) in [6, 6.07) is 6.16. The zero-order valence-corrected chi connectivity index (χ0v) is 11.9. The lowest BCUT2D eigenvalue weighted by atomic mass is 9.80. The van der Waals surface area contributed by atoms with Crippen molar-refractivity contribution in [3.8, 4) is 0 Å². The quantitative estimate of drug-likeness (QED) is 0.904. The van der Waals surface area contributed by atoms with Gasteiger partial charge >= 0.3 is 0 Å². The molecule has 0 aliphatic carbocycles. The van der Waals surface area contributed by atoms with Gasteiger partial charge in [0, 0.05) is 28.0 Å². The summed E-state index contributed by atoms with van der Waals surface area (Å²) in [5.41, 5.74) is 2.18. The highest BCUT2D eigenvalue weighted by Crippen LogP contribution is 2.34. The van der Waals surface area contributed by atoms with Crippen LogP contribution in [0, 0.1) is 0 Å². The van der Waals surface area contributed by atoms with Gasteiger partial charge in [0.25, 0.3) is 0 Å². The lowest BCUT2D eigenvalue weighted by Crippen LogP contribution is -2.20. The number of Topliss-reactive ketones (excluding diaryl/α,β-unsaturated/α-hetero) is 1. The molecule has 1 N–H and O–H groups in total. The van der Waals surface area contributed by atoms with Crippen LogP contribution < -0.4 is 0 Å². The van der Waals surface area contributed by atoms with E-state index in [1.807, 2.05) is 18.3 Å². The maximum absolute atomic E-state index is 11.3. The zero-order valence-electron chi connectivity index (χ0n) is 10.3. The molecule has 2 rings (SSSR count). The van der Waals surface area contributed by atoms with Crippen LogP contribution >= 0.6 is 15.9 Å². The van der Waals surface area contributed by atoms with Crippen LogP contribution in [0.5, 0.6) is 0 Å². The number of carbonyl (C=O) groups is 1. The number of fused-ring (bicyclic) bond motifs is 1. The van der Waals surface area contributed by atoms with Gasteiger partial charge in [0.05, 0.1) is 0 Å². The molecule has 1 aromatic heterocycles. The predicted octanol–water partition coefficient (Wildman–Crippen LogP) is 4.19. The fraction of sp³-hybridized carbons (Fsp3) is 0.357. The summed E-state index contributed by atoms with van der Waals surface area (Å²) < 4.78 is 1.06. The van der Waals surface area contributed by atoms with Crippen molar-refractivity contribution in [2.75, 3.05) is 0 Å². The molecule has 0 saturated carbocycles. The number of benzene rings is 1. The molecule has 0 fully saturated rings. The molecule has 0 amide bonds. The number of halogens is 1. The van der Waals surface area contributed by atoms with Gasteiger partial charge in [-0.2, -0.15) is 0 Å². The third kappa shape index (κ3) is 2.44. The number of ketones is 1. The second-order valence-electron chi connectivity index (χ2n) is 5.15. The Morgan fingerprint density at radius 3 is 2.76 bits per heavy atom. The molecule has 1 aromatic carbocycles. The van der Waals surface area contributed by atoms with E-state index in [9.17, 15) is 4.79 Å². The first-order chi connectivity index (χ1) is 7.90. The molecule has 0 unspecified atom stereocenters. The van der Waals surface area contributed by atoms with Crippen LogP contribution in [0.1, 0.15) is 32.8 Å². The van der Waals surface area contributed by atoms with E-state index in [0.717, 1.165) is 9.99 Å². The van der Waals surface area contributed by atoms with E-state index < -0.39 is 0 Å². The van der Waals surface area contributed by atoms with Gasteiger partial charge in [-0.25, -0.2) is 0 Å². The Morgan fingerprint density at radius 2 is 2.12 bits per heavy atom. The minimum atomic E-state index is -0.134. The Hall–Kier alpha value is -1.09. The Kier molecular flexibility index (Phi) is 3.13. The van der Waals surface area contributed by atoms with Crippen molar-refractivity contribution < 1.29 is 4.79 Å². The van der Waals surface area contributed by atoms with Crippen LogP contribution in [0.15, 0.2) is 28.9 Å². The van der Waals surface area contributed by atoms with Crippen LogP contribution in [0.3, 0.4) is 0 Å². The molecule has 0 aliphatic rings. The van der Waals surface area contributed by atoms with Crippen LogP contribution in [0.4, 0.5) is 0 Å². The van der Waals surface area contributed by atoms with Gasteiger partial charge < -0.3 is 4.98 Å². The van der Waals surface area contributed by atoms with Crippen molar-refractivity contribution in [3.05, 3.63) is 34.4 Å². The molecule has 0 spiro atoms. The largest absolute Gasteiger partial charge is 0.361 e. The molecule has 90 valence electrons. The zero-order chi connectivity index (χ0) is 12.6. The standard InChI is InChI=1S/C14H16BrNO/c1-9(17)7-14(2,3)12-8-16-13-5-4-10(15)6-11(12)13/h4-6,8,16H,7H2,1-3H3. The molecule has 2 aromatic rings. The van der Waals surface area contributed by atoms with Crippen LogP contribution in [0.25, 0.3) is 10.9 Å². The van der Waals surface area contributed by atoms with Crippen molar-refractivity contribution in [1.29, 1.82) is 0 Å². The lowest BCUT2D eigenvalue weighted by Gasteiger charge is -2.22. The van der Waals surface area contributed by atoms with Gasteiger partial charge in [-0.05, 0) is 36.1 Å². The molecule has 3 heteroatoms. The summed E-state index contributed by atoms with van der Waals surface area (Å²) >= 11 is 3.49. The third-order valence-electron chi connectivity index (χ3n) is 3.06. The van der Waals surface area contributed by atoms with Crippen LogP contribution in [-0.4, -0.2) is 10.8 Å². The van der Waals surface area contributed by atoms with Crippen molar-refractivity contribution in [3.63, 3.8) is 0 Å². The van der Waals surface area contributed by atoms with Gasteiger partial charge in [0.15, 0.2) is 0 Å². The second kappa shape index (κ2) is 4.30. The fourth-order valence-corrected chi connectivity index (χ4v) is 2.73. The topological polar surface area (TPSA) is 32.9 Å². The van der Waals surface area contributed by atoms with E-state index in [0.29, 0.717) is 6.42 Å². The number of aromatic nitrogens is 1. The molecule has 17 heavy (non-hydrogen) atoms. The minimum Gasteiger partial charge on any atom is -0.361 e. The molecule has 0 atom stereocenters. The molecule has 0 aliphatic heterocycles. The average molecular weight is 294 g/mol. The Morgan fingerprint density at radius 1 is 1.41 bits per heavy atom. The van der Waals surface area contributed by atoms with Gasteiger partial charge in [-0.3, -0.25) is 4.79 Å². The highest BCUT2D eigenvalue weighted by Gasteiger charge is 2.25. The first kappa shape index (κ1) is 12.4. The number of hydrogen-bond acceptors (Lipinski definition) is 1. The molecule has 1 heterocycles. The monoisotopic (exact) mass is 293 g/mol. The van der Waals surface area contributed by atoms with Gasteiger partial charge in [0.2, 0.25) is 0 Å². The molecular weight excluding hydrogens is 278 g/mol. The maximum atomic E-state index is 11.3. The van der Waals surface area contributed by atoms with Crippen LogP contribution in [0.2, 0.25) is 0 Å². The first-order valence-electron chi connectivity index (χ1n) is 5.67. The third-order valence-corrected chi connectivity index (χ3v) is 3.56. The Labute approximate surface area is 110 Å². The summed E-state index contributed by atoms with van der Waals surface area (Å²) in [7, 11) is 0. The van der Waals surface area contributed by atoms with Crippen molar-refractivity contribution in [2.24, 2.45) is 0 Å². The minimum absolute atomic E-state index is 0.134. The van der Waals surface area contributed by atoms with Crippen molar-refractivity contribution >= 4 is 32.6 Å². The van der Waals surface area contributed by atoms with E-state index >= 15 is 0 Å². The van der Waals surface area contributed by atoms with Gasteiger partial charge in [-0.1, -0.05) is 29.8 Å². The van der Waals surface area contributed by atoms with Gasteiger partial charge in [0.1, 0.15) is 5.78 Å². The Bertz CT molecular complexity index is 569. The van der Waals surface area contributed by atoms with Gasteiger partial charge in [-0.15, -0.1) is 0 Å². The number of rotatable bonds is 3. The van der Waals surface area contributed by atoms with E-state index in [1.54, 1.807) is 6.92 Å². The normalized spacial score (nSPS) is 12.0.